The molecule has 1 aliphatic carbocycles. The van der Waals surface area contributed by atoms with Crippen molar-refractivity contribution in [1.82, 2.24) is 24.9 Å². The van der Waals surface area contributed by atoms with E-state index in [0.29, 0.717) is 24.8 Å². The normalized spacial score (nSPS) is 19.6. The number of hydrogen-bond donors (Lipinski definition) is 3. The lowest BCUT2D eigenvalue weighted by atomic mass is 9.82. The molecule has 0 aromatic carbocycles. The maximum atomic E-state index is 12.4. The molecule has 0 bridgehead atoms. The van der Waals surface area contributed by atoms with Gasteiger partial charge >= 0.3 is 12.0 Å². The van der Waals surface area contributed by atoms with Crippen LogP contribution in [0.4, 0.5) is 10.5 Å². The van der Waals surface area contributed by atoms with Crippen molar-refractivity contribution in [1.29, 1.82) is 0 Å². The van der Waals surface area contributed by atoms with Gasteiger partial charge in [0.2, 0.25) is 0 Å². The maximum Gasteiger partial charge on any atom is 0.319 e. The quantitative estimate of drug-likeness (QED) is 0.673. The summed E-state index contributed by atoms with van der Waals surface area (Å²) in [6.07, 6.45) is 4.61. The lowest BCUT2D eigenvalue weighted by molar-refractivity contribution is -0.149. The SMILES string of the molecule is CCOC(=O)C1CCC(CNC(=O)Nc2c(C)nc3nc[nH]n3c2=O)CC1. The van der Waals surface area contributed by atoms with Gasteiger partial charge in [0.15, 0.2) is 0 Å². The second-order valence-corrected chi connectivity index (χ2v) is 6.70. The third-order valence-corrected chi connectivity index (χ3v) is 4.87. The Morgan fingerprint density at radius 1 is 1.33 bits per heavy atom. The molecule has 0 saturated heterocycles. The molecular weight excluding hydrogens is 352 g/mol. The standard InChI is InChI=1S/C17H24N6O4/c1-3-27-15(25)12-6-4-11(5-7-12)8-18-17(26)22-13-10(2)21-16-19-9-20-23(16)14(13)24/h9,11-12H,3-8H2,1-2H3,(H2,18,22,26)(H,19,20,21). The van der Waals surface area contributed by atoms with Crippen molar-refractivity contribution >= 4 is 23.5 Å². The van der Waals surface area contributed by atoms with Gasteiger partial charge < -0.3 is 15.4 Å². The molecule has 0 aliphatic heterocycles. The Kier molecular flexibility index (Phi) is 5.72. The molecular formula is C17H24N6O4. The third-order valence-electron chi connectivity index (χ3n) is 4.87. The molecule has 1 fully saturated rings. The van der Waals surface area contributed by atoms with Crippen LogP contribution in [0.3, 0.4) is 0 Å². The number of rotatable bonds is 5. The van der Waals surface area contributed by atoms with Crippen molar-refractivity contribution in [3.63, 3.8) is 0 Å². The molecule has 0 atom stereocenters. The summed E-state index contributed by atoms with van der Waals surface area (Å²) in [7, 11) is 0. The van der Waals surface area contributed by atoms with E-state index in [-0.39, 0.29) is 23.4 Å². The van der Waals surface area contributed by atoms with Crippen LogP contribution in [-0.2, 0) is 9.53 Å². The summed E-state index contributed by atoms with van der Waals surface area (Å²) in [5, 5.41) is 8.03. The summed E-state index contributed by atoms with van der Waals surface area (Å²) in [6.45, 7) is 4.34. The zero-order valence-electron chi connectivity index (χ0n) is 15.4. The zero-order chi connectivity index (χ0) is 19.4. The van der Waals surface area contributed by atoms with Gasteiger partial charge in [-0.15, -0.1) is 0 Å². The maximum absolute atomic E-state index is 12.4. The molecule has 146 valence electrons. The molecule has 1 saturated carbocycles. The highest BCUT2D eigenvalue weighted by Crippen LogP contribution is 2.29. The van der Waals surface area contributed by atoms with Gasteiger partial charge in [-0.3, -0.25) is 14.7 Å². The van der Waals surface area contributed by atoms with Crippen molar-refractivity contribution in [3.8, 4) is 0 Å². The van der Waals surface area contributed by atoms with Gasteiger partial charge in [0.1, 0.15) is 12.0 Å². The first-order chi connectivity index (χ1) is 13.0. The van der Waals surface area contributed by atoms with Gasteiger partial charge in [-0.25, -0.2) is 14.8 Å². The zero-order valence-corrected chi connectivity index (χ0v) is 15.4. The number of carbonyl (C=O) groups excluding carboxylic acids is 2. The number of anilines is 1. The van der Waals surface area contributed by atoms with Crippen molar-refractivity contribution in [2.24, 2.45) is 11.8 Å². The third kappa shape index (κ3) is 4.26. The summed E-state index contributed by atoms with van der Waals surface area (Å²) in [5.41, 5.74) is 0.0950. The number of aryl methyl sites for hydroxylation is 1. The van der Waals surface area contributed by atoms with E-state index in [4.69, 9.17) is 4.74 Å². The van der Waals surface area contributed by atoms with Crippen molar-refractivity contribution < 1.29 is 14.3 Å². The van der Waals surface area contributed by atoms with E-state index in [1.807, 2.05) is 0 Å². The number of ether oxygens (including phenoxy) is 1. The lowest BCUT2D eigenvalue weighted by Gasteiger charge is -2.27. The highest BCUT2D eigenvalue weighted by molar-refractivity contribution is 5.89. The number of fused-ring (bicyclic) bond motifs is 1. The van der Waals surface area contributed by atoms with Crippen LogP contribution < -0.4 is 16.2 Å². The Balaban J connectivity index is 1.51. The second kappa shape index (κ2) is 8.19. The van der Waals surface area contributed by atoms with Crippen LogP contribution in [0.25, 0.3) is 5.78 Å². The molecule has 2 aromatic rings. The topological polar surface area (TPSA) is 130 Å². The summed E-state index contributed by atoms with van der Waals surface area (Å²) in [5.74, 6) is 0.392. The molecule has 0 unspecified atom stereocenters. The second-order valence-electron chi connectivity index (χ2n) is 6.70. The molecule has 0 spiro atoms. The van der Waals surface area contributed by atoms with Gasteiger partial charge in [0.05, 0.1) is 18.2 Å². The van der Waals surface area contributed by atoms with E-state index in [0.717, 1.165) is 25.7 Å². The fourth-order valence-electron chi connectivity index (χ4n) is 3.36. The summed E-state index contributed by atoms with van der Waals surface area (Å²) in [6, 6.07) is -0.455. The molecule has 10 heteroatoms. The molecule has 2 amide bonds. The van der Waals surface area contributed by atoms with E-state index in [1.54, 1.807) is 13.8 Å². The Hall–Kier alpha value is -2.91. The number of H-pyrrole nitrogens is 1. The molecule has 3 rings (SSSR count). The number of carbonyl (C=O) groups is 2. The summed E-state index contributed by atoms with van der Waals surface area (Å²) >= 11 is 0. The number of aromatic amines is 1. The molecule has 27 heavy (non-hydrogen) atoms. The minimum absolute atomic E-state index is 0.0371. The number of hydrogen-bond acceptors (Lipinski definition) is 6. The smallest absolute Gasteiger partial charge is 0.319 e. The lowest BCUT2D eigenvalue weighted by Crippen LogP contribution is -2.37. The molecule has 0 radical (unpaired) electrons. The van der Waals surface area contributed by atoms with Gasteiger partial charge in [0.25, 0.3) is 11.3 Å². The number of aromatic nitrogens is 4. The van der Waals surface area contributed by atoms with Crippen molar-refractivity contribution in [2.45, 2.75) is 39.5 Å². The monoisotopic (exact) mass is 376 g/mol. The van der Waals surface area contributed by atoms with Crippen LogP contribution in [-0.4, -0.2) is 44.7 Å². The molecule has 2 aromatic heterocycles. The predicted octanol–water partition coefficient (Wildman–Crippen LogP) is 1.22. The number of urea groups is 1. The number of amides is 2. The van der Waals surface area contributed by atoms with E-state index in [1.165, 1.54) is 10.8 Å². The predicted molar refractivity (Wildman–Crippen MR) is 97.4 cm³/mol. The van der Waals surface area contributed by atoms with Crippen LogP contribution in [0.2, 0.25) is 0 Å². The largest absolute Gasteiger partial charge is 0.466 e. The van der Waals surface area contributed by atoms with E-state index >= 15 is 0 Å². The van der Waals surface area contributed by atoms with Crippen LogP contribution >= 0.6 is 0 Å². The summed E-state index contributed by atoms with van der Waals surface area (Å²) < 4.78 is 6.23. The van der Waals surface area contributed by atoms with E-state index in [9.17, 15) is 14.4 Å². The number of esters is 1. The fraction of sp³-hybridized carbons (Fsp3) is 0.588. The molecule has 3 N–H and O–H groups in total. The van der Waals surface area contributed by atoms with Gasteiger partial charge in [0, 0.05) is 6.54 Å². The number of nitrogens with one attached hydrogen (secondary N) is 3. The van der Waals surface area contributed by atoms with Gasteiger partial charge in [-0.1, -0.05) is 0 Å². The van der Waals surface area contributed by atoms with E-state index in [2.05, 4.69) is 25.7 Å². The molecule has 2 heterocycles. The van der Waals surface area contributed by atoms with Gasteiger partial charge in [-0.05, 0) is 45.4 Å². The Morgan fingerprint density at radius 3 is 2.78 bits per heavy atom. The summed E-state index contributed by atoms with van der Waals surface area (Å²) in [4.78, 5) is 44.4. The first-order valence-electron chi connectivity index (χ1n) is 9.13. The fourth-order valence-corrected chi connectivity index (χ4v) is 3.36. The molecule has 1 aliphatic rings. The number of nitrogens with zero attached hydrogens (tertiary/aromatic N) is 3. The minimum atomic E-state index is -0.455. The van der Waals surface area contributed by atoms with Crippen LogP contribution in [0.5, 0.6) is 0 Å². The van der Waals surface area contributed by atoms with E-state index < -0.39 is 11.6 Å². The first-order valence-corrected chi connectivity index (χ1v) is 9.13. The first kappa shape index (κ1) is 18.9. The highest BCUT2D eigenvalue weighted by atomic mass is 16.5. The van der Waals surface area contributed by atoms with Crippen LogP contribution in [0.15, 0.2) is 11.1 Å². The molecule has 10 nitrogen and oxygen atoms in total. The average Bonchev–Trinajstić information content (AvgIpc) is 3.12. The average molecular weight is 376 g/mol. The van der Waals surface area contributed by atoms with Crippen molar-refractivity contribution in [2.75, 3.05) is 18.5 Å². The Morgan fingerprint density at radius 2 is 2.07 bits per heavy atom. The van der Waals surface area contributed by atoms with Crippen LogP contribution in [0.1, 0.15) is 38.3 Å². The minimum Gasteiger partial charge on any atom is -0.466 e. The Labute approximate surface area is 155 Å². The van der Waals surface area contributed by atoms with Crippen molar-refractivity contribution in [3.05, 3.63) is 22.4 Å². The Bertz CT molecular complexity index is 881. The van der Waals surface area contributed by atoms with Gasteiger partial charge in [-0.2, -0.15) is 4.52 Å². The van der Waals surface area contributed by atoms with Crippen LogP contribution in [0, 0.1) is 18.8 Å². The highest BCUT2D eigenvalue weighted by Gasteiger charge is 2.27.